The Morgan fingerprint density at radius 1 is 1.11 bits per heavy atom. The average molecular weight is 438 g/mol. The first kappa shape index (κ1) is 19.2. The summed E-state index contributed by atoms with van der Waals surface area (Å²) >= 11 is 3.34. The first-order valence-corrected chi connectivity index (χ1v) is 8.99. The lowest BCUT2D eigenvalue weighted by atomic mass is 10.1. The van der Waals surface area contributed by atoms with E-state index in [-0.39, 0.29) is 11.4 Å². The van der Waals surface area contributed by atoms with E-state index >= 15 is 0 Å². The van der Waals surface area contributed by atoms with Crippen molar-refractivity contribution < 1.29 is 18.0 Å². The molecule has 0 atom stereocenters. The summed E-state index contributed by atoms with van der Waals surface area (Å²) in [5.74, 6) is -2.27. The van der Waals surface area contributed by atoms with Crippen molar-refractivity contribution in [1.29, 1.82) is 0 Å². The summed E-state index contributed by atoms with van der Waals surface area (Å²) in [5.41, 5.74) is 0.645. The molecule has 8 heteroatoms. The van der Waals surface area contributed by atoms with Crippen molar-refractivity contribution >= 4 is 21.8 Å². The minimum atomic E-state index is -0.713. The van der Waals surface area contributed by atoms with Gasteiger partial charge in [0.1, 0.15) is 23.1 Å². The molecule has 0 aliphatic rings. The Hall–Kier alpha value is -2.61. The topological polar surface area (TPSA) is 46.9 Å². The monoisotopic (exact) mass is 437 g/mol. The van der Waals surface area contributed by atoms with E-state index in [1.54, 1.807) is 0 Å². The van der Waals surface area contributed by atoms with Crippen LogP contribution in [0.1, 0.15) is 23.8 Å². The smallest absolute Gasteiger partial charge is 0.273 e. The maximum Gasteiger partial charge on any atom is 0.273 e. The van der Waals surface area contributed by atoms with Gasteiger partial charge in [-0.05, 0) is 58.7 Å². The predicted octanol–water partition coefficient (Wildman–Crippen LogP) is 4.86. The summed E-state index contributed by atoms with van der Waals surface area (Å²) in [5, 5.41) is 6.89. The number of halogens is 4. The number of amides is 1. The van der Waals surface area contributed by atoms with Crippen LogP contribution < -0.4 is 5.32 Å². The second-order valence-electron chi connectivity index (χ2n) is 5.78. The first-order valence-electron chi connectivity index (χ1n) is 8.20. The van der Waals surface area contributed by atoms with Crippen LogP contribution >= 0.6 is 15.9 Å². The highest BCUT2D eigenvalue weighted by Gasteiger charge is 2.24. The Labute approximate surface area is 162 Å². The van der Waals surface area contributed by atoms with Crippen LogP contribution in [0.15, 0.2) is 46.9 Å². The van der Waals surface area contributed by atoms with E-state index in [9.17, 15) is 18.0 Å². The second-order valence-corrected chi connectivity index (χ2v) is 6.57. The fourth-order valence-corrected chi connectivity index (χ4v) is 3.20. The number of hydrogen-bond donors (Lipinski definition) is 1. The summed E-state index contributed by atoms with van der Waals surface area (Å²) in [6.45, 7) is 2.35. The van der Waals surface area contributed by atoms with Crippen LogP contribution in [0.3, 0.4) is 0 Å². The molecule has 0 saturated carbocycles. The van der Waals surface area contributed by atoms with E-state index < -0.39 is 23.4 Å². The third-order valence-electron chi connectivity index (χ3n) is 3.83. The van der Waals surface area contributed by atoms with E-state index in [2.05, 4.69) is 26.3 Å². The minimum absolute atomic E-state index is 0.0198. The number of hydrogen-bond acceptors (Lipinski definition) is 2. The van der Waals surface area contributed by atoms with Crippen molar-refractivity contribution in [3.05, 3.63) is 70.1 Å². The Kier molecular flexibility index (Phi) is 5.65. The lowest BCUT2D eigenvalue weighted by Gasteiger charge is -2.09. The highest BCUT2D eigenvalue weighted by molar-refractivity contribution is 9.10. The normalized spacial score (nSPS) is 10.9. The molecule has 4 nitrogen and oxygen atoms in total. The minimum Gasteiger partial charge on any atom is -0.351 e. The van der Waals surface area contributed by atoms with E-state index in [1.807, 2.05) is 6.92 Å². The third-order valence-corrected chi connectivity index (χ3v) is 4.58. The molecule has 0 fully saturated rings. The molecule has 3 aromatic rings. The van der Waals surface area contributed by atoms with Crippen molar-refractivity contribution in [2.24, 2.45) is 0 Å². The van der Waals surface area contributed by atoms with Crippen molar-refractivity contribution in [2.45, 2.75) is 13.3 Å². The maximum atomic E-state index is 14.4. The van der Waals surface area contributed by atoms with Crippen LogP contribution in [0.4, 0.5) is 13.2 Å². The molecule has 0 radical (unpaired) electrons. The molecular formula is C19H15BrF3N3O. The number of carbonyl (C=O) groups excluding carboxylic acids is 1. The Morgan fingerprint density at radius 3 is 2.44 bits per heavy atom. The molecule has 1 amide bonds. The van der Waals surface area contributed by atoms with Crippen LogP contribution in [-0.2, 0) is 0 Å². The van der Waals surface area contributed by atoms with Crippen molar-refractivity contribution in [1.82, 2.24) is 15.1 Å². The summed E-state index contributed by atoms with van der Waals surface area (Å²) in [6.07, 6.45) is 0.730. The maximum absolute atomic E-state index is 14.4. The molecule has 0 bridgehead atoms. The van der Waals surface area contributed by atoms with Gasteiger partial charge in [-0.2, -0.15) is 5.10 Å². The standard InChI is InChI=1S/C19H15BrF3N3O/c1-2-9-24-19(27)17-16(20)18(11-3-5-12(21)6-4-11)26(25-17)15-10-13(22)7-8-14(15)23/h3-8,10H,2,9H2,1H3,(H,24,27). The Bertz CT molecular complexity index is 987. The van der Waals surface area contributed by atoms with Crippen molar-refractivity contribution in [3.63, 3.8) is 0 Å². The van der Waals surface area contributed by atoms with E-state index in [4.69, 9.17) is 0 Å². The average Bonchev–Trinajstić information content (AvgIpc) is 2.99. The first-order chi connectivity index (χ1) is 12.9. The largest absolute Gasteiger partial charge is 0.351 e. The van der Waals surface area contributed by atoms with Crippen LogP contribution in [0.5, 0.6) is 0 Å². The summed E-state index contributed by atoms with van der Waals surface area (Å²) in [4.78, 5) is 12.4. The molecule has 2 aromatic carbocycles. The molecule has 1 aromatic heterocycles. The zero-order chi connectivity index (χ0) is 19.6. The number of rotatable bonds is 5. The van der Waals surface area contributed by atoms with Gasteiger partial charge in [0, 0.05) is 18.2 Å². The lowest BCUT2D eigenvalue weighted by molar-refractivity contribution is 0.0947. The van der Waals surface area contributed by atoms with Gasteiger partial charge in [-0.3, -0.25) is 4.79 Å². The molecule has 0 aliphatic heterocycles. The number of nitrogens with one attached hydrogen (secondary N) is 1. The van der Waals surface area contributed by atoms with Gasteiger partial charge in [0.25, 0.3) is 5.91 Å². The molecule has 1 N–H and O–H groups in total. The fourth-order valence-electron chi connectivity index (χ4n) is 2.55. The van der Waals surface area contributed by atoms with Gasteiger partial charge >= 0.3 is 0 Å². The SMILES string of the molecule is CCCNC(=O)c1nn(-c2cc(F)ccc2F)c(-c2ccc(F)cc2)c1Br. The Balaban J connectivity index is 2.22. The van der Waals surface area contributed by atoms with Crippen molar-refractivity contribution in [2.75, 3.05) is 6.54 Å². The van der Waals surface area contributed by atoms with Gasteiger partial charge in [0.2, 0.25) is 0 Å². The van der Waals surface area contributed by atoms with Gasteiger partial charge in [-0.15, -0.1) is 0 Å². The molecule has 0 unspecified atom stereocenters. The van der Waals surface area contributed by atoms with Crippen LogP contribution in [0.25, 0.3) is 16.9 Å². The fraction of sp³-hybridized carbons (Fsp3) is 0.158. The Morgan fingerprint density at radius 2 is 1.78 bits per heavy atom. The zero-order valence-electron chi connectivity index (χ0n) is 14.3. The van der Waals surface area contributed by atoms with E-state index in [1.165, 1.54) is 24.3 Å². The molecule has 27 heavy (non-hydrogen) atoms. The second kappa shape index (κ2) is 7.96. The van der Waals surface area contributed by atoms with Gasteiger partial charge < -0.3 is 5.32 Å². The number of aromatic nitrogens is 2. The zero-order valence-corrected chi connectivity index (χ0v) is 15.9. The highest BCUT2D eigenvalue weighted by atomic mass is 79.9. The molecule has 0 aliphatic carbocycles. The summed E-state index contributed by atoms with van der Waals surface area (Å²) < 4.78 is 42.8. The highest BCUT2D eigenvalue weighted by Crippen LogP contribution is 2.34. The summed E-state index contributed by atoms with van der Waals surface area (Å²) in [7, 11) is 0. The molecular weight excluding hydrogens is 423 g/mol. The molecule has 1 heterocycles. The van der Waals surface area contributed by atoms with Gasteiger partial charge in [0.15, 0.2) is 5.69 Å². The van der Waals surface area contributed by atoms with Crippen LogP contribution in [-0.4, -0.2) is 22.2 Å². The van der Waals surface area contributed by atoms with Gasteiger partial charge in [0.05, 0.1) is 10.2 Å². The van der Waals surface area contributed by atoms with Gasteiger partial charge in [-0.25, -0.2) is 17.9 Å². The quantitative estimate of drug-likeness (QED) is 0.619. The summed E-state index contributed by atoms with van der Waals surface area (Å²) in [6, 6.07) is 8.36. The van der Waals surface area contributed by atoms with E-state index in [0.29, 0.717) is 22.3 Å². The molecule has 3 rings (SSSR count). The van der Waals surface area contributed by atoms with E-state index in [0.717, 1.165) is 29.3 Å². The molecule has 0 saturated heterocycles. The number of benzene rings is 2. The van der Waals surface area contributed by atoms with Crippen LogP contribution in [0, 0.1) is 17.5 Å². The van der Waals surface area contributed by atoms with Crippen molar-refractivity contribution in [3.8, 4) is 16.9 Å². The number of nitrogens with zero attached hydrogens (tertiary/aromatic N) is 2. The van der Waals surface area contributed by atoms with Crippen LogP contribution in [0.2, 0.25) is 0 Å². The van der Waals surface area contributed by atoms with Gasteiger partial charge in [-0.1, -0.05) is 6.92 Å². The lowest BCUT2D eigenvalue weighted by Crippen LogP contribution is -2.24. The molecule has 140 valence electrons. The third kappa shape index (κ3) is 3.90. The molecule has 0 spiro atoms. The number of carbonyl (C=O) groups is 1. The predicted molar refractivity (Wildman–Crippen MR) is 99.2 cm³/mol.